The minimum absolute atomic E-state index is 0.0982. The van der Waals surface area contributed by atoms with Gasteiger partial charge in [0.1, 0.15) is 11.6 Å². The number of thioether (sulfide) groups is 1. The number of nitrogens with one attached hydrogen (secondary N) is 1. The molecular weight excluding hydrogens is 463 g/mol. The van der Waals surface area contributed by atoms with Gasteiger partial charge in [-0.3, -0.25) is 14.2 Å². The number of hydrogen-bond donors (Lipinski definition) is 1. The van der Waals surface area contributed by atoms with Crippen LogP contribution in [0.25, 0.3) is 5.69 Å². The van der Waals surface area contributed by atoms with Crippen molar-refractivity contribution in [1.82, 2.24) is 20.1 Å². The molecule has 35 heavy (non-hydrogen) atoms. The Hall–Kier alpha value is -3.78. The fourth-order valence-corrected chi connectivity index (χ4v) is 4.50. The Morgan fingerprint density at radius 2 is 1.69 bits per heavy atom. The Kier molecular flexibility index (Phi) is 8.05. The van der Waals surface area contributed by atoms with Gasteiger partial charge in [-0.05, 0) is 35.7 Å². The summed E-state index contributed by atoms with van der Waals surface area (Å²) in [6.07, 6.45) is 0.960. The molecule has 1 N–H and O–H groups in total. The summed E-state index contributed by atoms with van der Waals surface area (Å²) in [5, 5.41) is 12.0. The van der Waals surface area contributed by atoms with E-state index in [2.05, 4.69) is 15.5 Å². The second-order valence-electron chi connectivity index (χ2n) is 7.98. The summed E-state index contributed by atoms with van der Waals surface area (Å²) in [5.41, 5.74) is 2.78. The van der Waals surface area contributed by atoms with Crippen LogP contribution in [0.1, 0.15) is 34.2 Å². The predicted molar refractivity (Wildman–Crippen MR) is 134 cm³/mol. The number of amides is 1. The van der Waals surface area contributed by atoms with Crippen molar-refractivity contribution in [2.45, 2.75) is 24.9 Å². The number of hydrogen-bond acceptors (Lipinski definition) is 5. The summed E-state index contributed by atoms with van der Waals surface area (Å²) in [4.78, 5) is 23.8. The third-order valence-corrected chi connectivity index (χ3v) is 6.32. The highest BCUT2D eigenvalue weighted by Crippen LogP contribution is 2.24. The van der Waals surface area contributed by atoms with Gasteiger partial charge < -0.3 is 5.32 Å². The fraction of sp³-hybridized carbons (Fsp3) is 0.185. The van der Waals surface area contributed by atoms with Gasteiger partial charge in [0.15, 0.2) is 10.9 Å². The first-order chi connectivity index (χ1) is 17.0. The van der Waals surface area contributed by atoms with E-state index in [1.807, 2.05) is 65.2 Å². The van der Waals surface area contributed by atoms with Gasteiger partial charge >= 0.3 is 0 Å². The third kappa shape index (κ3) is 6.42. The van der Waals surface area contributed by atoms with Crippen LogP contribution in [-0.2, 0) is 17.6 Å². The molecule has 0 aliphatic rings. The number of benzene rings is 3. The highest BCUT2D eigenvalue weighted by Gasteiger charge is 2.17. The van der Waals surface area contributed by atoms with Gasteiger partial charge in [-0.25, -0.2) is 4.39 Å². The maximum atomic E-state index is 14.5. The molecule has 0 saturated carbocycles. The van der Waals surface area contributed by atoms with Crippen molar-refractivity contribution in [3.8, 4) is 5.69 Å². The second kappa shape index (κ2) is 11.6. The van der Waals surface area contributed by atoms with Gasteiger partial charge in [0.05, 0.1) is 5.75 Å². The molecule has 1 heterocycles. The van der Waals surface area contributed by atoms with Crippen molar-refractivity contribution in [1.29, 1.82) is 0 Å². The minimum atomic E-state index is -0.455. The normalized spacial score (nSPS) is 10.8. The molecular formula is C27H25FN4O2S. The molecule has 0 aliphatic heterocycles. The monoisotopic (exact) mass is 488 g/mol. The topological polar surface area (TPSA) is 76.9 Å². The van der Waals surface area contributed by atoms with Crippen molar-refractivity contribution >= 4 is 23.5 Å². The lowest BCUT2D eigenvalue weighted by Crippen LogP contribution is -2.22. The molecule has 4 rings (SSSR count). The van der Waals surface area contributed by atoms with Gasteiger partial charge in [0.2, 0.25) is 5.91 Å². The van der Waals surface area contributed by atoms with Crippen molar-refractivity contribution in [2.75, 3.05) is 12.3 Å². The quantitative estimate of drug-likeness (QED) is 0.260. The summed E-state index contributed by atoms with van der Waals surface area (Å²) < 4.78 is 16.5. The van der Waals surface area contributed by atoms with E-state index < -0.39 is 5.82 Å². The van der Waals surface area contributed by atoms with Crippen LogP contribution < -0.4 is 5.32 Å². The summed E-state index contributed by atoms with van der Waals surface area (Å²) >= 11 is 1.27. The van der Waals surface area contributed by atoms with E-state index in [0.29, 0.717) is 35.7 Å². The summed E-state index contributed by atoms with van der Waals surface area (Å²) in [7, 11) is 0. The van der Waals surface area contributed by atoms with Crippen molar-refractivity contribution < 1.29 is 14.0 Å². The van der Waals surface area contributed by atoms with E-state index in [1.54, 1.807) is 12.1 Å². The van der Waals surface area contributed by atoms with Gasteiger partial charge in [-0.1, -0.05) is 72.4 Å². The number of nitrogens with zero attached hydrogens (tertiary/aromatic N) is 3. The number of rotatable bonds is 10. The van der Waals surface area contributed by atoms with Gasteiger partial charge in [-0.15, -0.1) is 10.2 Å². The highest BCUT2D eigenvalue weighted by molar-refractivity contribution is 7.99. The number of halogens is 1. The Balaban J connectivity index is 1.49. The zero-order valence-corrected chi connectivity index (χ0v) is 20.1. The van der Waals surface area contributed by atoms with Gasteiger partial charge in [0, 0.05) is 31.1 Å². The van der Waals surface area contributed by atoms with E-state index >= 15 is 0 Å². The first kappa shape index (κ1) is 24.3. The Labute approximate surface area is 207 Å². The highest BCUT2D eigenvalue weighted by atomic mass is 32.2. The number of ketones is 1. The van der Waals surface area contributed by atoms with E-state index in [-0.39, 0.29) is 17.4 Å². The zero-order valence-electron chi connectivity index (χ0n) is 19.3. The van der Waals surface area contributed by atoms with E-state index in [0.717, 1.165) is 17.1 Å². The molecule has 1 aromatic heterocycles. The first-order valence-corrected chi connectivity index (χ1v) is 12.2. The summed E-state index contributed by atoms with van der Waals surface area (Å²) in [6, 6.07) is 24.3. The molecule has 6 nitrogen and oxygen atoms in total. The standard InChI is InChI=1S/C27H25FN4O2S/c1-19(33)29-15-14-21-12-13-22(17-24(21)28)25(34)18-35-27-31-30-26(16-20-8-4-2-5-9-20)32(27)23-10-6-3-7-11-23/h2-13,17H,14-16,18H2,1H3,(H,29,33). The number of para-hydroxylation sites is 1. The van der Waals surface area contributed by atoms with Crippen LogP contribution in [0.15, 0.2) is 84.0 Å². The first-order valence-electron chi connectivity index (χ1n) is 11.2. The van der Waals surface area contributed by atoms with Crippen molar-refractivity contribution in [3.05, 3.63) is 107 Å². The molecule has 0 radical (unpaired) electrons. The molecule has 0 aliphatic carbocycles. The molecule has 178 valence electrons. The summed E-state index contributed by atoms with van der Waals surface area (Å²) in [5.74, 6) is 0.0517. The molecule has 4 aromatic rings. The maximum Gasteiger partial charge on any atom is 0.216 e. The van der Waals surface area contributed by atoms with Crippen LogP contribution in [0.3, 0.4) is 0 Å². The lowest BCUT2D eigenvalue weighted by Gasteiger charge is -2.10. The lowest BCUT2D eigenvalue weighted by molar-refractivity contribution is -0.118. The van der Waals surface area contributed by atoms with Crippen LogP contribution in [0.5, 0.6) is 0 Å². The van der Waals surface area contributed by atoms with Crippen LogP contribution in [-0.4, -0.2) is 38.8 Å². The van der Waals surface area contributed by atoms with E-state index in [9.17, 15) is 14.0 Å². The average molecular weight is 489 g/mol. The number of Topliss-reactive ketones (excluding diaryl/α,β-unsaturated/α-hetero) is 1. The lowest BCUT2D eigenvalue weighted by atomic mass is 10.1. The molecule has 8 heteroatoms. The second-order valence-corrected chi connectivity index (χ2v) is 8.93. The van der Waals surface area contributed by atoms with E-state index in [4.69, 9.17) is 0 Å². The molecule has 1 amide bonds. The number of carbonyl (C=O) groups is 2. The maximum absolute atomic E-state index is 14.5. The Morgan fingerprint density at radius 3 is 2.37 bits per heavy atom. The molecule has 0 unspecified atom stereocenters. The fourth-order valence-electron chi connectivity index (χ4n) is 3.63. The molecule has 0 atom stereocenters. The molecule has 0 fully saturated rings. The minimum Gasteiger partial charge on any atom is -0.356 e. The van der Waals surface area contributed by atoms with Crippen LogP contribution in [0.2, 0.25) is 0 Å². The van der Waals surface area contributed by atoms with Crippen LogP contribution in [0.4, 0.5) is 4.39 Å². The number of carbonyl (C=O) groups excluding carboxylic acids is 2. The Bertz CT molecular complexity index is 1310. The molecule has 0 spiro atoms. The Morgan fingerprint density at radius 1 is 0.971 bits per heavy atom. The van der Waals surface area contributed by atoms with Crippen molar-refractivity contribution in [2.24, 2.45) is 0 Å². The average Bonchev–Trinajstić information content (AvgIpc) is 3.26. The van der Waals surface area contributed by atoms with Crippen molar-refractivity contribution in [3.63, 3.8) is 0 Å². The zero-order chi connectivity index (χ0) is 24.6. The van der Waals surface area contributed by atoms with Crippen LogP contribution in [0, 0.1) is 5.82 Å². The third-order valence-electron chi connectivity index (χ3n) is 5.40. The SMILES string of the molecule is CC(=O)NCCc1ccc(C(=O)CSc2nnc(Cc3ccccc3)n2-c2ccccc2)cc1F. The molecule has 0 saturated heterocycles. The van der Waals surface area contributed by atoms with Gasteiger partial charge in [0.25, 0.3) is 0 Å². The van der Waals surface area contributed by atoms with E-state index in [1.165, 1.54) is 24.8 Å². The smallest absolute Gasteiger partial charge is 0.216 e. The number of aromatic nitrogens is 3. The predicted octanol–water partition coefficient (Wildman–Crippen LogP) is 4.65. The van der Waals surface area contributed by atoms with Gasteiger partial charge in [-0.2, -0.15) is 0 Å². The molecule has 3 aromatic carbocycles. The largest absolute Gasteiger partial charge is 0.356 e. The molecule has 0 bridgehead atoms. The summed E-state index contributed by atoms with van der Waals surface area (Å²) in [6.45, 7) is 1.76. The van der Waals surface area contributed by atoms with Crippen LogP contribution >= 0.6 is 11.8 Å².